The van der Waals surface area contributed by atoms with Gasteiger partial charge in [-0.1, -0.05) is 24.6 Å². The molecule has 2 rings (SSSR count). The first-order valence-electron chi connectivity index (χ1n) is 6.65. The molecule has 0 fully saturated rings. The number of hydrogen-bond donors (Lipinski definition) is 1. The van der Waals surface area contributed by atoms with Crippen LogP contribution in [0, 0.1) is 5.82 Å². The molecule has 0 saturated carbocycles. The summed E-state index contributed by atoms with van der Waals surface area (Å²) >= 11 is 9.06. The lowest BCUT2D eigenvalue weighted by Crippen LogP contribution is -2.20. The van der Waals surface area contributed by atoms with E-state index in [9.17, 15) is 9.18 Å². The van der Waals surface area contributed by atoms with Gasteiger partial charge in [-0.3, -0.25) is 4.79 Å². The molecule has 0 saturated heterocycles. The van der Waals surface area contributed by atoms with Crippen LogP contribution >= 0.6 is 27.5 Å². The third-order valence-corrected chi connectivity index (χ3v) is 3.88. The van der Waals surface area contributed by atoms with Crippen molar-refractivity contribution in [2.45, 2.75) is 13.3 Å². The Morgan fingerprint density at radius 1 is 1.32 bits per heavy atom. The normalized spacial score (nSPS) is 10.4. The molecule has 0 aliphatic heterocycles. The number of ether oxygens (including phenoxy) is 1. The van der Waals surface area contributed by atoms with Gasteiger partial charge in [-0.2, -0.15) is 0 Å². The third-order valence-electron chi connectivity index (χ3n) is 2.97. The molecule has 0 unspecified atom stereocenters. The highest BCUT2D eigenvalue weighted by atomic mass is 79.9. The standard InChI is InChI=1S/C16H14BrClFNO2/c1-2-10-3-6-15(12(17)7-10)22-9-16(21)20-11-4-5-14(19)13(18)8-11/h3-8H,2,9H2,1H3,(H,20,21). The zero-order chi connectivity index (χ0) is 16.1. The maximum absolute atomic E-state index is 13.0. The largest absolute Gasteiger partial charge is 0.483 e. The number of benzene rings is 2. The van der Waals surface area contributed by atoms with Crippen molar-refractivity contribution >= 4 is 39.1 Å². The fourth-order valence-electron chi connectivity index (χ4n) is 1.80. The first kappa shape index (κ1) is 16.8. The Bertz CT molecular complexity index is 694. The van der Waals surface area contributed by atoms with Gasteiger partial charge < -0.3 is 10.1 Å². The summed E-state index contributed by atoms with van der Waals surface area (Å²) in [5.41, 5.74) is 1.59. The van der Waals surface area contributed by atoms with Gasteiger partial charge in [0.2, 0.25) is 0 Å². The molecular weight excluding hydrogens is 373 g/mol. The highest BCUT2D eigenvalue weighted by molar-refractivity contribution is 9.10. The van der Waals surface area contributed by atoms with E-state index in [0.29, 0.717) is 11.4 Å². The Labute approximate surface area is 141 Å². The average molecular weight is 387 g/mol. The summed E-state index contributed by atoms with van der Waals surface area (Å²) in [5.74, 6) is -0.297. The summed E-state index contributed by atoms with van der Waals surface area (Å²) in [6, 6.07) is 9.68. The van der Waals surface area contributed by atoms with Gasteiger partial charge in [0.25, 0.3) is 5.91 Å². The predicted octanol–water partition coefficient (Wildman–Crippen LogP) is 4.82. The molecule has 0 bridgehead atoms. The van der Waals surface area contributed by atoms with Crippen molar-refractivity contribution in [3.63, 3.8) is 0 Å². The van der Waals surface area contributed by atoms with Crippen molar-refractivity contribution in [2.75, 3.05) is 11.9 Å². The zero-order valence-corrected chi connectivity index (χ0v) is 14.2. The number of nitrogens with one attached hydrogen (secondary N) is 1. The molecule has 0 heterocycles. The number of carbonyl (C=O) groups excluding carboxylic acids is 1. The number of rotatable bonds is 5. The van der Waals surface area contributed by atoms with E-state index in [-0.39, 0.29) is 17.5 Å². The van der Waals surface area contributed by atoms with Crippen molar-refractivity contribution in [3.8, 4) is 5.75 Å². The number of aryl methyl sites for hydroxylation is 1. The van der Waals surface area contributed by atoms with Crippen molar-refractivity contribution in [1.82, 2.24) is 0 Å². The number of amides is 1. The van der Waals surface area contributed by atoms with E-state index in [2.05, 4.69) is 28.2 Å². The molecule has 2 aromatic rings. The fraction of sp³-hybridized carbons (Fsp3) is 0.188. The van der Waals surface area contributed by atoms with Gasteiger partial charge in [-0.25, -0.2) is 4.39 Å². The van der Waals surface area contributed by atoms with Crippen LogP contribution in [0.25, 0.3) is 0 Å². The molecule has 0 radical (unpaired) electrons. The number of carbonyl (C=O) groups is 1. The first-order chi connectivity index (χ1) is 10.5. The summed E-state index contributed by atoms with van der Waals surface area (Å²) in [6.45, 7) is 1.91. The maximum Gasteiger partial charge on any atom is 0.262 e. The molecule has 1 N–H and O–H groups in total. The molecule has 0 aliphatic rings. The van der Waals surface area contributed by atoms with Gasteiger partial charge in [-0.15, -0.1) is 0 Å². The quantitative estimate of drug-likeness (QED) is 0.800. The minimum absolute atomic E-state index is 0.0448. The van der Waals surface area contributed by atoms with E-state index in [0.717, 1.165) is 10.9 Å². The molecule has 0 aliphatic carbocycles. The lowest BCUT2D eigenvalue weighted by Gasteiger charge is -2.10. The molecule has 22 heavy (non-hydrogen) atoms. The molecule has 116 valence electrons. The van der Waals surface area contributed by atoms with E-state index in [1.54, 1.807) is 0 Å². The summed E-state index contributed by atoms with van der Waals surface area (Å²) in [7, 11) is 0. The van der Waals surface area contributed by atoms with Gasteiger partial charge in [0, 0.05) is 5.69 Å². The molecule has 2 aromatic carbocycles. The van der Waals surface area contributed by atoms with Crippen molar-refractivity contribution in [2.24, 2.45) is 0 Å². The van der Waals surface area contributed by atoms with Crippen molar-refractivity contribution < 1.29 is 13.9 Å². The van der Waals surface area contributed by atoms with E-state index in [1.165, 1.54) is 23.8 Å². The second kappa shape index (κ2) is 7.61. The predicted molar refractivity (Wildman–Crippen MR) is 89.1 cm³/mol. The minimum atomic E-state index is -0.532. The van der Waals surface area contributed by atoms with E-state index in [4.69, 9.17) is 16.3 Å². The highest BCUT2D eigenvalue weighted by Gasteiger charge is 2.08. The summed E-state index contributed by atoms with van der Waals surface area (Å²) in [5, 5.41) is 2.55. The van der Waals surface area contributed by atoms with E-state index < -0.39 is 5.82 Å². The smallest absolute Gasteiger partial charge is 0.262 e. The second-order valence-corrected chi connectivity index (χ2v) is 5.85. The van der Waals surface area contributed by atoms with Gasteiger partial charge in [0.05, 0.1) is 9.50 Å². The molecule has 3 nitrogen and oxygen atoms in total. The van der Waals surface area contributed by atoms with Gasteiger partial charge in [0.15, 0.2) is 6.61 Å². The minimum Gasteiger partial charge on any atom is -0.483 e. The Balaban J connectivity index is 1.93. The zero-order valence-electron chi connectivity index (χ0n) is 11.8. The fourth-order valence-corrected chi connectivity index (χ4v) is 2.52. The first-order valence-corrected chi connectivity index (χ1v) is 7.83. The lowest BCUT2D eigenvalue weighted by molar-refractivity contribution is -0.118. The number of hydrogen-bond acceptors (Lipinski definition) is 2. The summed E-state index contributed by atoms with van der Waals surface area (Å²) in [4.78, 5) is 11.8. The molecule has 0 atom stereocenters. The van der Waals surface area contributed by atoms with Crippen molar-refractivity contribution in [3.05, 3.63) is 57.3 Å². The van der Waals surface area contributed by atoms with Crippen molar-refractivity contribution in [1.29, 1.82) is 0 Å². The highest BCUT2D eigenvalue weighted by Crippen LogP contribution is 2.26. The second-order valence-electron chi connectivity index (χ2n) is 4.58. The molecule has 0 aromatic heterocycles. The van der Waals surface area contributed by atoms with Crippen LogP contribution in [0.15, 0.2) is 40.9 Å². The van der Waals surface area contributed by atoms with Crippen LogP contribution in [0.2, 0.25) is 5.02 Å². The van der Waals surface area contributed by atoms with Crippen LogP contribution in [0.4, 0.5) is 10.1 Å². The maximum atomic E-state index is 13.0. The van der Waals surface area contributed by atoms with Crippen LogP contribution in [0.5, 0.6) is 5.75 Å². The van der Waals surface area contributed by atoms with Crippen LogP contribution in [0.1, 0.15) is 12.5 Å². The number of anilines is 1. The summed E-state index contributed by atoms with van der Waals surface area (Å²) in [6.07, 6.45) is 0.921. The van der Waals surface area contributed by atoms with Gasteiger partial charge in [-0.05, 0) is 58.2 Å². The summed E-state index contributed by atoms with van der Waals surface area (Å²) < 4.78 is 19.3. The van der Waals surface area contributed by atoms with E-state index >= 15 is 0 Å². The Morgan fingerprint density at radius 3 is 2.73 bits per heavy atom. The SMILES string of the molecule is CCc1ccc(OCC(=O)Nc2ccc(F)c(Cl)c2)c(Br)c1. The third kappa shape index (κ3) is 4.45. The van der Waals surface area contributed by atoms with Crippen LogP contribution in [-0.2, 0) is 11.2 Å². The Morgan fingerprint density at radius 2 is 2.09 bits per heavy atom. The van der Waals surface area contributed by atoms with Gasteiger partial charge in [0.1, 0.15) is 11.6 Å². The Hall–Kier alpha value is -1.59. The van der Waals surface area contributed by atoms with Gasteiger partial charge >= 0.3 is 0 Å². The van der Waals surface area contributed by atoms with E-state index in [1.807, 2.05) is 18.2 Å². The lowest BCUT2D eigenvalue weighted by atomic mass is 10.2. The topological polar surface area (TPSA) is 38.3 Å². The van der Waals surface area contributed by atoms with Crippen LogP contribution < -0.4 is 10.1 Å². The Kier molecular flexibility index (Phi) is 5.80. The molecule has 0 spiro atoms. The molecule has 6 heteroatoms. The molecule has 1 amide bonds. The monoisotopic (exact) mass is 385 g/mol. The average Bonchev–Trinajstić information content (AvgIpc) is 2.49. The van der Waals surface area contributed by atoms with Crippen LogP contribution in [0.3, 0.4) is 0 Å². The van der Waals surface area contributed by atoms with Crippen LogP contribution in [-0.4, -0.2) is 12.5 Å². The molecular formula is C16H14BrClFNO2. The number of halogens is 3.